The van der Waals surface area contributed by atoms with Crippen LogP contribution in [0.2, 0.25) is 0 Å². The monoisotopic (exact) mass is 407 g/mol. The average molecular weight is 407 g/mol. The Labute approximate surface area is 172 Å². The lowest BCUT2D eigenvalue weighted by Gasteiger charge is -2.44. The van der Waals surface area contributed by atoms with Gasteiger partial charge in [0.1, 0.15) is 6.17 Å². The van der Waals surface area contributed by atoms with E-state index in [0.717, 1.165) is 23.9 Å². The van der Waals surface area contributed by atoms with Crippen molar-refractivity contribution in [3.63, 3.8) is 0 Å². The van der Waals surface area contributed by atoms with Gasteiger partial charge in [0.2, 0.25) is 0 Å². The number of rotatable bonds is 1. The molecule has 3 aliphatic rings. The van der Waals surface area contributed by atoms with Crippen LogP contribution in [0.5, 0.6) is 0 Å². The van der Waals surface area contributed by atoms with E-state index in [4.69, 9.17) is 0 Å². The van der Waals surface area contributed by atoms with Gasteiger partial charge < -0.3 is 9.80 Å². The van der Waals surface area contributed by atoms with E-state index >= 15 is 0 Å². The lowest BCUT2D eigenvalue weighted by atomic mass is 9.81. The van der Waals surface area contributed by atoms with Gasteiger partial charge in [-0.3, -0.25) is 0 Å². The van der Waals surface area contributed by atoms with Crippen LogP contribution in [0, 0.1) is 5.41 Å². The fraction of sp³-hybridized carbons (Fsp3) is 0.292. The molecule has 3 unspecified atom stereocenters. The Balaban J connectivity index is 1.65. The van der Waals surface area contributed by atoms with E-state index in [9.17, 15) is 13.2 Å². The number of alkyl halides is 3. The minimum Gasteiger partial charge on any atom is -0.316 e. The Morgan fingerprint density at radius 2 is 1.53 bits per heavy atom. The molecule has 3 nitrogen and oxygen atoms in total. The molecule has 6 heteroatoms. The fourth-order valence-electron chi connectivity index (χ4n) is 5.75. The van der Waals surface area contributed by atoms with Crippen molar-refractivity contribution in [3.8, 4) is 0 Å². The van der Waals surface area contributed by atoms with Crippen molar-refractivity contribution in [2.75, 3.05) is 9.80 Å². The molecule has 152 valence electrons. The van der Waals surface area contributed by atoms with Crippen LogP contribution in [-0.2, 0) is 11.6 Å². The molecule has 0 bridgehead atoms. The molecule has 1 aromatic heterocycles. The first kappa shape index (κ1) is 17.8. The first-order valence-electron chi connectivity index (χ1n) is 10.1. The van der Waals surface area contributed by atoms with Gasteiger partial charge in [-0.1, -0.05) is 44.2 Å². The number of fused-ring (bicyclic) bond motifs is 8. The van der Waals surface area contributed by atoms with Gasteiger partial charge in [-0.15, -0.1) is 0 Å². The molecule has 30 heavy (non-hydrogen) atoms. The molecule has 3 heterocycles. The number of halogens is 3. The predicted octanol–water partition coefficient (Wildman–Crippen LogP) is 6.40. The standard InChI is InChI=1S/C24H20F3N3/c1-22-14-23(22,2)21-29(17-10-5-3-8-15(17)22)19-12-7-13-28-20(19)30(21)18-11-6-4-9-16(18)24(25,26)27/h3-13,21H,14H2,1-2H3. The van der Waals surface area contributed by atoms with Crippen LogP contribution in [0.1, 0.15) is 31.4 Å². The molecule has 0 N–H and O–H groups in total. The van der Waals surface area contributed by atoms with Crippen molar-refractivity contribution in [3.05, 3.63) is 78.0 Å². The third-order valence-corrected chi connectivity index (χ3v) is 7.40. The molecule has 1 saturated carbocycles. The summed E-state index contributed by atoms with van der Waals surface area (Å²) in [5.74, 6) is 0.575. The number of nitrogens with zero attached hydrogens (tertiary/aromatic N) is 3. The maximum atomic E-state index is 14.0. The second-order valence-corrected chi connectivity index (χ2v) is 8.92. The lowest BCUT2D eigenvalue weighted by Crippen LogP contribution is -2.50. The second kappa shape index (κ2) is 5.36. The number of benzene rings is 2. The van der Waals surface area contributed by atoms with Crippen LogP contribution in [0.25, 0.3) is 0 Å². The maximum Gasteiger partial charge on any atom is 0.418 e. The highest BCUT2D eigenvalue weighted by Crippen LogP contribution is 2.75. The summed E-state index contributed by atoms with van der Waals surface area (Å²) in [7, 11) is 0. The Hall–Kier alpha value is -3.02. The van der Waals surface area contributed by atoms with Gasteiger partial charge >= 0.3 is 6.18 Å². The zero-order valence-electron chi connectivity index (χ0n) is 16.6. The van der Waals surface area contributed by atoms with Crippen LogP contribution in [0.15, 0.2) is 66.9 Å². The first-order valence-corrected chi connectivity index (χ1v) is 10.1. The van der Waals surface area contributed by atoms with Crippen LogP contribution >= 0.6 is 0 Å². The molecule has 1 fully saturated rings. The third-order valence-electron chi connectivity index (χ3n) is 7.40. The third kappa shape index (κ3) is 1.99. The molecule has 3 aromatic rings. The molecule has 2 aromatic carbocycles. The molecule has 0 amide bonds. The number of pyridine rings is 1. The zero-order chi connectivity index (χ0) is 20.9. The van der Waals surface area contributed by atoms with E-state index in [2.05, 4.69) is 35.9 Å². The van der Waals surface area contributed by atoms with Gasteiger partial charge in [-0.2, -0.15) is 13.2 Å². The van der Waals surface area contributed by atoms with Crippen LogP contribution in [-0.4, -0.2) is 11.1 Å². The van der Waals surface area contributed by atoms with Crippen molar-refractivity contribution < 1.29 is 13.2 Å². The number of para-hydroxylation sites is 2. The zero-order valence-corrected chi connectivity index (χ0v) is 16.6. The van der Waals surface area contributed by atoms with E-state index in [0.29, 0.717) is 5.82 Å². The number of aromatic nitrogens is 1. The number of hydrogen-bond acceptors (Lipinski definition) is 3. The summed E-state index contributed by atoms with van der Waals surface area (Å²) in [6.45, 7) is 4.42. The Morgan fingerprint density at radius 1 is 0.867 bits per heavy atom. The van der Waals surface area contributed by atoms with E-state index < -0.39 is 11.7 Å². The summed E-state index contributed by atoms with van der Waals surface area (Å²) in [5.41, 5.74) is 2.40. The summed E-state index contributed by atoms with van der Waals surface area (Å²) < 4.78 is 41.9. The predicted molar refractivity (Wildman–Crippen MR) is 110 cm³/mol. The first-order chi connectivity index (χ1) is 14.3. The van der Waals surface area contributed by atoms with E-state index in [1.54, 1.807) is 18.3 Å². The largest absolute Gasteiger partial charge is 0.418 e. The van der Waals surface area contributed by atoms with Gasteiger partial charge in [-0.05, 0) is 42.3 Å². The number of anilines is 4. The topological polar surface area (TPSA) is 19.4 Å². The molecule has 0 saturated heterocycles. The highest BCUT2D eigenvalue weighted by atomic mass is 19.4. The van der Waals surface area contributed by atoms with Crippen LogP contribution in [0.4, 0.5) is 36.1 Å². The van der Waals surface area contributed by atoms with E-state index in [1.807, 2.05) is 29.2 Å². The molecule has 2 aliphatic heterocycles. The van der Waals surface area contributed by atoms with Crippen molar-refractivity contribution in [2.24, 2.45) is 5.41 Å². The van der Waals surface area contributed by atoms with Gasteiger partial charge in [0.25, 0.3) is 0 Å². The molecule has 6 rings (SSSR count). The summed E-state index contributed by atoms with van der Waals surface area (Å²) in [6.07, 6.45) is -2.15. The van der Waals surface area contributed by atoms with Crippen molar-refractivity contribution in [1.82, 2.24) is 4.98 Å². The molecular formula is C24H20F3N3. The summed E-state index contributed by atoms with van der Waals surface area (Å²) in [4.78, 5) is 8.57. The maximum absolute atomic E-state index is 14.0. The van der Waals surface area contributed by atoms with E-state index in [1.165, 1.54) is 11.6 Å². The lowest BCUT2D eigenvalue weighted by molar-refractivity contribution is -0.137. The minimum absolute atomic E-state index is 0.0851. The summed E-state index contributed by atoms with van der Waals surface area (Å²) in [5, 5.41) is 0. The quantitative estimate of drug-likeness (QED) is 0.465. The summed E-state index contributed by atoms with van der Waals surface area (Å²) in [6, 6.07) is 17.9. The Morgan fingerprint density at radius 3 is 2.30 bits per heavy atom. The van der Waals surface area contributed by atoms with Crippen LogP contribution < -0.4 is 9.80 Å². The normalized spacial score (nSPS) is 28.5. The van der Waals surface area contributed by atoms with Crippen molar-refractivity contribution in [2.45, 2.75) is 38.0 Å². The molecule has 0 spiro atoms. The Bertz CT molecular complexity index is 1190. The van der Waals surface area contributed by atoms with Gasteiger partial charge in [-0.25, -0.2) is 4.98 Å². The molecular weight excluding hydrogens is 387 g/mol. The fourth-order valence-corrected chi connectivity index (χ4v) is 5.75. The van der Waals surface area contributed by atoms with Crippen molar-refractivity contribution in [1.29, 1.82) is 0 Å². The molecule has 0 radical (unpaired) electrons. The van der Waals surface area contributed by atoms with Gasteiger partial charge in [0.05, 0.1) is 16.9 Å². The summed E-state index contributed by atoms with van der Waals surface area (Å²) >= 11 is 0. The van der Waals surface area contributed by atoms with Crippen molar-refractivity contribution >= 4 is 22.9 Å². The smallest absolute Gasteiger partial charge is 0.316 e. The average Bonchev–Trinajstić information content (AvgIpc) is 3.15. The van der Waals surface area contributed by atoms with Crippen LogP contribution in [0.3, 0.4) is 0 Å². The SMILES string of the molecule is CC12CC1(C)C1N(c3ccccc32)c2cccnc2N1c1ccccc1C(F)(F)F. The second-order valence-electron chi connectivity index (χ2n) is 8.92. The highest BCUT2D eigenvalue weighted by Gasteiger charge is 2.73. The Kier molecular flexibility index (Phi) is 3.18. The molecule has 1 aliphatic carbocycles. The van der Waals surface area contributed by atoms with Gasteiger partial charge in [0.15, 0.2) is 5.82 Å². The minimum atomic E-state index is -4.45. The number of hydrogen-bond donors (Lipinski definition) is 0. The van der Waals surface area contributed by atoms with E-state index in [-0.39, 0.29) is 22.7 Å². The van der Waals surface area contributed by atoms with Gasteiger partial charge in [0, 0.05) is 22.7 Å². The highest BCUT2D eigenvalue weighted by molar-refractivity contribution is 5.90. The molecule has 3 atom stereocenters.